The van der Waals surface area contributed by atoms with Crippen LogP contribution in [0.25, 0.3) is 16.7 Å². The molecule has 3 aromatic rings. The summed E-state index contributed by atoms with van der Waals surface area (Å²) in [6.07, 6.45) is -4.86. The van der Waals surface area contributed by atoms with Crippen LogP contribution in [-0.2, 0) is 5.66 Å². The van der Waals surface area contributed by atoms with Crippen LogP contribution in [0.1, 0.15) is 5.69 Å². The van der Waals surface area contributed by atoms with Gasteiger partial charge < -0.3 is 21.1 Å². The average molecular weight is 485 g/mol. The molecule has 3 heterocycles. The molecule has 0 fully saturated rings. The number of imidazole rings is 1. The molecule has 7 nitrogen and oxygen atoms in total. The van der Waals surface area contributed by atoms with Gasteiger partial charge in [0.2, 0.25) is 5.95 Å². The highest BCUT2D eigenvalue weighted by molar-refractivity contribution is 6.42. The van der Waals surface area contributed by atoms with E-state index in [1.807, 2.05) is 0 Å². The van der Waals surface area contributed by atoms with Crippen molar-refractivity contribution in [1.29, 1.82) is 0 Å². The van der Waals surface area contributed by atoms with E-state index in [9.17, 15) is 13.2 Å². The first-order chi connectivity index (χ1) is 15.1. The first kappa shape index (κ1) is 22.3. The lowest BCUT2D eigenvalue weighted by Gasteiger charge is -2.36. The Hall–Kier alpha value is -2.95. The zero-order chi connectivity index (χ0) is 23.3. The maximum atomic E-state index is 14.7. The lowest BCUT2D eigenvalue weighted by molar-refractivity contribution is -0.203. The van der Waals surface area contributed by atoms with Gasteiger partial charge in [-0.3, -0.25) is 4.57 Å². The number of anilines is 2. The highest BCUT2D eigenvalue weighted by atomic mass is 35.5. The molecule has 32 heavy (non-hydrogen) atoms. The molecule has 12 heteroatoms. The Morgan fingerprint density at radius 2 is 1.94 bits per heavy atom. The summed E-state index contributed by atoms with van der Waals surface area (Å²) in [5.74, 6) is 0.298. The number of fused-ring (bicyclic) bond motifs is 3. The molecule has 2 aromatic heterocycles. The van der Waals surface area contributed by atoms with E-state index in [1.54, 1.807) is 12.1 Å². The molecule has 1 aromatic carbocycles. The number of aliphatic hydroxyl groups excluding tert-OH is 1. The minimum absolute atomic E-state index is 0.0766. The molecule has 168 valence electrons. The number of halogens is 5. The Morgan fingerprint density at radius 1 is 1.22 bits per heavy atom. The van der Waals surface area contributed by atoms with Crippen molar-refractivity contribution in [3.63, 3.8) is 0 Å². The zero-order valence-electron chi connectivity index (χ0n) is 16.4. The van der Waals surface area contributed by atoms with Crippen LogP contribution >= 0.6 is 23.2 Å². The van der Waals surface area contributed by atoms with E-state index in [2.05, 4.69) is 39.1 Å². The summed E-state index contributed by atoms with van der Waals surface area (Å²) < 4.78 is 45.0. The number of nitrogens with one attached hydrogen (secondary N) is 3. The van der Waals surface area contributed by atoms with E-state index in [0.29, 0.717) is 5.82 Å². The molecule has 0 saturated heterocycles. The second kappa shape index (κ2) is 7.88. The maximum Gasteiger partial charge on any atom is 0.436 e. The Morgan fingerprint density at radius 3 is 2.62 bits per heavy atom. The van der Waals surface area contributed by atoms with Gasteiger partial charge in [0.05, 0.1) is 44.8 Å². The minimum atomic E-state index is -4.86. The van der Waals surface area contributed by atoms with Crippen LogP contribution in [0.5, 0.6) is 0 Å². The van der Waals surface area contributed by atoms with Crippen LogP contribution in [-0.4, -0.2) is 39.0 Å². The quantitative estimate of drug-likeness (QED) is 0.410. The number of rotatable bonds is 6. The van der Waals surface area contributed by atoms with Gasteiger partial charge in [0.15, 0.2) is 0 Å². The van der Waals surface area contributed by atoms with E-state index in [1.165, 1.54) is 18.2 Å². The van der Waals surface area contributed by atoms with Crippen molar-refractivity contribution in [2.24, 2.45) is 0 Å². The average Bonchev–Trinajstić information content (AvgIpc) is 3.20. The third kappa shape index (κ3) is 3.44. The number of hydrogen-bond donors (Lipinski definition) is 4. The zero-order valence-corrected chi connectivity index (χ0v) is 17.9. The number of nitrogens with zero attached hydrogens (tertiary/aromatic N) is 3. The predicted molar refractivity (Wildman–Crippen MR) is 119 cm³/mol. The van der Waals surface area contributed by atoms with Gasteiger partial charge in [-0.05, 0) is 24.3 Å². The van der Waals surface area contributed by atoms with E-state index in [4.69, 9.17) is 28.3 Å². The van der Waals surface area contributed by atoms with Gasteiger partial charge in [-0.15, -0.1) is 0 Å². The molecule has 0 amide bonds. The third-order valence-electron chi connectivity index (χ3n) is 4.95. The van der Waals surface area contributed by atoms with Crippen LogP contribution in [0.15, 0.2) is 49.2 Å². The fraction of sp³-hybridized carbons (Fsp3) is 0.200. The summed E-state index contributed by atoms with van der Waals surface area (Å²) in [7, 11) is 0. The Bertz CT molecular complexity index is 1240. The SMILES string of the molecule is C=C(NC1(C(F)(F)F)C(=C)Nc2nc3cc(Cl)c(Cl)cc3n21)c1cccc(NCCO)n1. The fourth-order valence-electron chi connectivity index (χ4n) is 3.52. The molecule has 0 bridgehead atoms. The van der Waals surface area contributed by atoms with Crippen LogP contribution in [0, 0.1) is 0 Å². The minimum Gasteiger partial charge on any atom is -0.395 e. The van der Waals surface area contributed by atoms with Gasteiger partial charge in [-0.2, -0.15) is 13.2 Å². The number of benzene rings is 1. The second-order valence-corrected chi connectivity index (χ2v) is 7.81. The topological polar surface area (TPSA) is 87.0 Å². The lowest BCUT2D eigenvalue weighted by atomic mass is 10.1. The van der Waals surface area contributed by atoms with E-state index in [0.717, 1.165) is 4.57 Å². The smallest absolute Gasteiger partial charge is 0.395 e. The van der Waals surface area contributed by atoms with Crippen LogP contribution in [0.3, 0.4) is 0 Å². The van der Waals surface area contributed by atoms with Crippen molar-refractivity contribution < 1.29 is 18.3 Å². The molecule has 1 aliphatic rings. The molecule has 4 rings (SSSR count). The van der Waals surface area contributed by atoms with Gasteiger partial charge in [0, 0.05) is 6.54 Å². The fourth-order valence-corrected chi connectivity index (χ4v) is 3.84. The van der Waals surface area contributed by atoms with Crippen molar-refractivity contribution in [2.45, 2.75) is 11.8 Å². The summed E-state index contributed by atoms with van der Waals surface area (Å²) in [6.45, 7) is 7.47. The summed E-state index contributed by atoms with van der Waals surface area (Å²) in [5.41, 5.74) is -2.82. The largest absolute Gasteiger partial charge is 0.436 e. The summed E-state index contributed by atoms with van der Waals surface area (Å²) >= 11 is 12.1. The Balaban J connectivity index is 1.83. The van der Waals surface area contributed by atoms with Crippen molar-refractivity contribution >= 4 is 51.7 Å². The second-order valence-electron chi connectivity index (χ2n) is 7.00. The molecule has 0 saturated carbocycles. The maximum absolute atomic E-state index is 14.7. The molecular formula is C20H17Cl2F3N6O. The van der Waals surface area contributed by atoms with Gasteiger partial charge >= 0.3 is 6.18 Å². The number of alkyl halides is 3. The highest BCUT2D eigenvalue weighted by Gasteiger charge is 2.63. The first-order valence-corrected chi connectivity index (χ1v) is 10.0. The van der Waals surface area contributed by atoms with Gasteiger partial charge in [-0.1, -0.05) is 42.4 Å². The van der Waals surface area contributed by atoms with E-state index >= 15 is 0 Å². The molecular weight excluding hydrogens is 468 g/mol. The number of hydrogen-bond acceptors (Lipinski definition) is 6. The summed E-state index contributed by atoms with van der Waals surface area (Å²) in [5, 5.41) is 17.1. The van der Waals surface area contributed by atoms with Crippen LogP contribution in [0.2, 0.25) is 10.0 Å². The predicted octanol–water partition coefficient (Wildman–Crippen LogP) is 4.56. The van der Waals surface area contributed by atoms with Crippen molar-refractivity contribution in [3.05, 3.63) is 64.9 Å². The molecule has 0 aliphatic carbocycles. The van der Waals surface area contributed by atoms with Gasteiger partial charge in [-0.25, -0.2) is 9.97 Å². The third-order valence-corrected chi connectivity index (χ3v) is 5.67. The molecule has 1 aliphatic heterocycles. The van der Waals surface area contributed by atoms with Crippen LogP contribution < -0.4 is 16.0 Å². The van der Waals surface area contributed by atoms with Crippen molar-refractivity contribution in [1.82, 2.24) is 19.9 Å². The molecule has 0 radical (unpaired) electrons. The van der Waals surface area contributed by atoms with Crippen LogP contribution in [0.4, 0.5) is 24.9 Å². The van der Waals surface area contributed by atoms with Gasteiger partial charge in [0.1, 0.15) is 5.82 Å². The summed E-state index contributed by atoms with van der Waals surface area (Å²) in [4.78, 5) is 8.47. The normalized spacial score (nSPS) is 17.9. The Kier molecular flexibility index (Phi) is 5.48. The molecule has 0 spiro atoms. The van der Waals surface area contributed by atoms with Crippen molar-refractivity contribution in [3.8, 4) is 0 Å². The number of aliphatic hydroxyl groups is 1. The van der Waals surface area contributed by atoms with E-state index in [-0.39, 0.29) is 51.6 Å². The first-order valence-electron chi connectivity index (χ1n) is 9.29. The molecule has 1 atom stereocenters. The highest BCUT2D eigenvalue weighted by Crippen LogP contribution is 2.49. The standard InChI is InChI=1S/C20H17Cl2F3N6O/c1-10(14-4-3-5-17(28-14)26-6-7-32)30-19(20(23,24)25)11(2)27-18-29-15-8-12(21)13(22)9-16(15)31(18)19/h3-5,8-9,30,32H,1-2,6-7H2,(H,26,28)(H,27,29). The Labute approximate surface area is 190 Å². The number of aromatic nitrogens is 3. The van der Waals surface area contributed by atoms with Gasteiger partial charge in [0.25, 0.3) is 5.66 Å². The van der Waals surface area contributed by atoms with Crippen molar-refractivity contribution in [2.75, 3.05) is 23.8 Å². The number of pyridine rings is 1. The molecule has 4 N–H and O–H groups in total. The monoisotopic (exact) mass is 484 g/mol. The molecule has 1 unspecified atom stereocenters. The van der Waals surface area contributed by atoms with E-state index < -0.39 is 17.5 Å². The summed E-state index contributed by atoms with van der Waals surface area (Å²) in [6, 6.07) is 7.45. The lowest BCUT2D eigenvalue weighted by Crippen LogP contribution is -2.56.